The molecular weight excluding hydrogens is 324 g/mol. The Morgan fingerprint density at radius 1 is 1.35 bits per heavy atom. The monoisotopic (exact) mass is 358 g/mol. The normalized spacial score (nSPS) is 18.5. The van der Waals surface area contributed by atoms with Crippen molar-refractivity contribution in [2.24, 2.45) is 11.3 Å². The lowest BCUT2D eigenvalue weighted by atomic mass is 9.92. The molecule has 2 aliphatic heterocycles. The summed E-state index contributed by atoms with van der Waals surface area (Å²) in [5.74, 6) is 1.56. The summed E-state index contributed by atoms with van der Waals surface area (Å²) >= 11 is 0. The Labute approximate surface area is 157 Å². The quantitative estimate of drug-likeness (QED) is 0.865. The molecule has 26 heavy (non-hydrogen) atoms. The zero-order chi connectivity index (χ0) is 18.7. The Morgan fingerprint density at radius 2 is 2.08 bits per heavy atom. The molecule has 5 nitrogen and oxygen atoms in total. The Hall–Kier alpha value is -1.62. The molecule has 1 aromatic heterocycles. The number of pyridine rings is 1. The van der Waals surface area contributed by atoms with Crippen LogP contribution in [-0.4, -0.2) is 37.1 Å². The van der Waals surface area contributed by atoms with Crippen LogP contribution < -0.4 is 15.5 Å². The predicted molar refractivity (Wildman–Crippen MR) is 108 cm³/mol. The van der Waals surface area contributed by atoms with Crippen LogP contribution in [0.3, 0.4) is 0 Å². The summed E-state index contributed by atoms with van der Waals surface area (Å²) in [5.41, 5.74) is 3.46. The van der Waals surface area contributed by atoms with Crippen LogP contribution in [-0.2, 0) is 11.2 Å². The molecule has 3 heterocycles. The molecule has 0 bridgehead atoms. The van der Waals surface area contributed by atoms with Crippen molar-refractivity contribution in [1.29, 1.82) is 0 Å². The summed E-state index contributed by atoms with van der Waals surface area (Å²) in [4.78, 5) is 19.7. The molecule has 0 aliphatic carbocycles. The summed E-state index contributed by atoms with van der Waals surface area (Å²) in [7, 11) is 0. The molecule has 1 saturated heterocycles. The van der Waals surface area contributed by atoms with Gasteiger partial charge in [0.1, 0.15) is 5.82 Å². The lowest BCUT2D eigenvalue weighted by Gasteiger charge is -2.35. The third kappa shape index (κ3) is 4.97. The fourth-order valence-electron chi connectivity index (χ4n) is 4.00. The largest absolute Gasteiger partial charge is 0.370 e. The average Bonchev–Trinajstić information content (AvgIpc) is 2.55. The second kappa shape index (κ2) is 7.95. The topological polar surface area (TPSA) is 57.3 Å². The van der Waals surface area contributed by atoms with Gasteiger partial charge in [0.15, 0.2) is 0 Å². The Bertz CT molecular complexity index is 644. The second-order valence-corrected chi connectivity index (χ2v) is 9.15. The van der Waals surface area contributed by atoms with Gasteiger partial charge in [-0.15, -0.1) is 0 Å². The van der Waals surface area contributed by atoms with Crippen LogP contribution in [0.25, 0.3) is 0 Å². The number of piperidine rings is 1. The van der Waals surface area contributed by atoms with Crippen LogP contribution >= 0.6 is 0 Å². The summed E-state index contributed by atoms with van der Waals surface area (Å²) in [6, 6.07) is 2.23. The van der Waals surface area contributed by atoms with Crippen molar-refractivity contribution in [3.63, 3.8) is 0 Å². The Morgan fingerprint density at radius 3 is 2.77 bits per heavy atom. The first-order valence-corrected chi connectivity index (χ1v) is 10.1. The minimum Gasteiger partial charge on any atom is -0.370 e. The molecule has 5 heteroatoms. The number of anilines is 2. The van der Waals surface area contributed by atoms with E-state index >= 15 is 0 Å². The lowest BCUT2D eigenvalue weighted by molar-refractivity contribution is -0.117. The van der Waals surface area contributed by atoms with Crippen molar-refractivity contribution in [2.45, 2.75) is 59.8 Å². The molecule has 0 saturated carbocycles. The van der Waals surface area contributed by atoms with E-state index in [4.69, 9.17) is 4.98 Å². The van der Waals surface area contributed by atoms with Crippen molar-refractivity contribution < 1.29 is 4.79 Å². The van der Waals surface area contributed by atoms with Crippen LogP contribution in [0, 0.1) is 18.3 Å². The molecule has 1 aromatic rings. The number of nitrogens with one attached hydrogen (secondary N) is 2. The van der Waals surface area contributed by atoms with E-state index in [0.717, 1.165) is 62.0 Å². The highest BCUT2D eigenvalue weighted by molar-refractivity contribution is 5.91. The molecule has 1 amide bonds. The summed E-state index contributed by atoms with van der Waals surface area (Å²) in [6.07, 6.45) is 5.18. The summed E-state index contributed by atoms with van der Waals surface area (Å²) in [5, 5.41) is 6.49. The van der Waals surface area contributed by atoms with E-state index in [1.54, 1.807) is 0 Å². The van der Waals surface area contributed by atoms with Gasteiger partial charge in [0.2, 0.25) is 5.91 Å². The van der Waals surface area contributed by atoms with Crippen molar-refractivity contribution in [3.8, 4) is 0 Å². The van der Waals surface area contributed by atoms with Crippen LogP contribution in [0.15, 0.2) is 6.07 Å². The van der Waals surface area contributed by atoms with E-state index in [1.165, 1.54) is 18.5 Å². The van der Waals surface area contributed by atoms with E-state index in [1.807, 2.05) is 0 Å². The van der Waals surface area contributed by atoms with Gasteiger partial charge in [0, 0.05) is 19.5 Å². The number of nitrogens with zero attached hydrogens (tertiary/aromatic N) is 2. The van der Waals surface area contributed by atoms with Gasteiger partial charge in [-0.1, -0.05) is 20.8 Å². The molecule has 0 aromatic carbocycles. The van der Waals surface area contributed by atoms with Gasteiger partial charge in [-0.05, 0) is 68.7 Å². The smallest absolute Gasteiger partial charge is 0.226 e. The van der Waals surface area contributed by atoms with Crippen molar-refractivity contribution in [3.05, 3.63) is 17.3 Å². The van der Waals surface area contributed by atoms with Gasteiger partial charge in [-0.2, -0.15) is 0 Å². The minimum absolute atomic E-state index is 0.0160. The minimum atomic E-state index is -0.0160. The number of carbonyl (C=O) groups excluding carboxylic acids is 1. The van der Waals surface area contributed by atoms with Gasteiger partial charge < -0.3 is 15.5 Å². The predicted octanol–water partition coefficient (Wildman–Crippen LogP) is 3.52. The SMILES string of the molecule is Cc1cc2c(nc1NC(=O)CC(C)(C)C)CCCN2CC1CCNCC1. The molecule has 0 unspecified atom stereocenters. The molecule has 0 spiro atoms. The van der Waals surface area contributed by atoms with E-state index in [2.05, 4.69) is 49.3 Å². The molecule has 0 radical (unpaired) electrons. The fraction of sp³-hybridized carbons (Fsp3) is 0.714. The molecule has 2 aliphatic rings. The zero-order valence-corrected chi connectivity index (χ0v) is 16.8. The Balaban J connectivity index is 1.73. The van der Waals surface area contributed by atoms with Gasteiger partial charge >= 0.3 is 0 Å². The van der Waals surface area contributed by atoms with Crippen LogP contribution in [0.2, 0.25) is 0 Å². The van der Waals surface area contributed by atoms with E-state index in [9.17, 15) is 4.79 Å². The van der Waals surface area contributed by atoms with E-state index < -0.39 is 0 Å². The fourth-order valence-corrected chi connectivity index (χ4v) is 4.00. The third-order valence-corrected chi connectivity index (χ3v) is 5.34. The number of amides is 1. The average molecular weight is 359 g/mol. The van der Waals surface area contributed by atoms with Crippen molar-refractivity contribution >= 4 is 17.4 Å². The first-order chi connectivity index (χ1) is 12.3. The summed E-state index contributed by atoms with van der Waals surface area (Å²) < 4.78 is 0. The maximum absolute atomic E-state index is 12.3. The number of rotatable bonds is 4. The number of fused-ring (bicyclic) bond motifs is 1. The molecule has 3 rings (SSSR count). The number of aryl methyl sites for hydroxylation is 2. The van der Waals surface area contributed by atoms with Crippen molar-refractivity contribution in [2.75, 3.05) is 36.4 Å². The lowest BCUT2D eigenvalue weighted by Crippen LogP contribution is -2.38. The van der Waals surface area contributed by atoms with Gasteiger partial charge in [0.25, 0.3) is 0 Å². The standard InChI is InChI=1S/C21H34N4O/c1-15-12-18-17(23-20(15)24-19(26)13-21(2,3)4)6-5-11-25(18)14-16-7-9-22-10-8-16/h12,16,22H,5-11,13-14H2,1-4H3,(H,23,24,26). The maximum Gasteiger partial charge on any atom is 0.226 e. The van der Waals surface area contributed by atoms with Crippen molar-refractivity contribution in [1.82, 2.24) is 10.3 Å². The highest BCUT2D eigenvalue weighted by Gasteiger charge is 2.24. The Kier molecular flexibility index (Phi) is 5.86. The summed E-state index contributed by atoms with van der Waals surface area (Å²) in [6.45, 7) is 12.8. The third-order valence-electron chi connectivity index (χ3n) is 5.34. The molecular formula is C21H34N4O. The number of carbonyl (C=O) groups is 1. The van der Waals surface area contributed by atoms with E-state index in [-0.39, 0.29) is 11.3 Å². The van der Waals surface area contributed by atoms with Gasteiger partial charge in [-0.25, -0.2) is 4.98 Å². The van der Waals surface area contributed by atoms with Crippen LogP contribution in [0.5, 0.6) is 0 Å². The molecule has 2 N–H and O–H groups in total. The zero-order valence-electron chi connectivity index (χ0n) is 16.8. The maximum atomic E-state index is 12.3. The number of hydrogen-bond donors (Lipinski definition) is 2. The van der Waals surface area contributed by atoms with E-state index in [0.29, 0.717) is 6.42 Å². The highest BCUT2D eigenvalue weighted by atomic mass is 16.1. The van der Waals surface area contributed by atoms with Crippen LogP contribution in [0.4, 0.5) is 11.5 Å². The van der Waals surface area contributed by atoms with Gasteiger partial charge in [-0.3, -0.25) is 4.79 Å². The first kappa shape index (κ1) is 19.2. The van der Waals surface area contributed by atoms with Gasteiger partial charge in [0.05, 0.1) is 11.4 Å². The number of hydrogen-bond acceptors (Lipinski definition) is 4. The molecule has 1 fully saturated rings. The molecule has 144 valence electrons. The highest BCUT2D eigenvalue weighted by Crippen LogP contribution is 2.31. The first-order valence-electron chi connectivity index (χ1n) is 10.1. The second-order valence-electron chi connectivity index (χ2n) is 9.15. The number of aromatic nitrogens is 1. The van der Waals surface area contributed by atoms with Crippen LogP contribution in [0.1, 0.15) is 57.7 Å². The molecule has 0 atom stereocenters.